The van der Waals surface area contributed by atoms with Gasteiger partial charge in [-0.15, -0.1) is 0 Å². The van der Waals surface area contributed by atoms with Crippen LogP contribution in [0.2, 0.25) is 0 Å². The quantitative estimate of drug-likeness (QED) is 0.845. The third-order valence-electron chi connectivity index (χ3n) is 3.49. The van der Waals surface area contributed by atoms with E-state index in [-0.39, 0.29) is 5.82 Å². The molecule has 0 radical (unpaired) electrons. The average molecular weight is 264 g/mol. The molecule has 0 aromatic carbocycles. The molecule has 104 valence electrons. The van der Waals surface area contributed by atoms with Gasteiger partial charge in [0.1, 0.15) is 11.4 Å². The van der Waals surface area contributed by atoms with Gasteiger partial charge in [0, 0.05) is 0 Å². The van der Waals surface area contributed by atoms with Crippen LogP contribution in [0.25, 0.3) is 0 Å². The second-order valence-electron chi connectivity index (χ2n) is 4.91. The largest absolute Gasteiger partial charge is 0.491 e. The lowest BCUT2D eigenvalue weighted by Gasteiger charge is -2.22. The highest BCUT2D eigenvalue weighted by molar-refractivity contribution is 5.93. The topological polar surface area (TPSA) is 74.4 Å². The van der Waals surface area contributed by atoms with Crippen molar-refractivity contribution in [1.29, 1.82) is 0 Å². The predicted molar refractivity (Wildman–Crippen MR) is 72.1 cm³/mol. The van der Waals surface area contributed by atoms with E-state index >= 15 is 0 Å². The van der Waals surface area contributed by atoms with E-state index in [0.29, 0.717) is 23.8 Å². The molecule has 1 aliphatic rings. The summed E-state index contributed by atoms with van der Waals surface area (Å²) < 4.78 is 10.5. The molecule has 1 aromatic rings. The number of nitrogen functional groups attached to an aromatic ring is 1. The Morgan fingerprint density at radius 3 is 2.84 bits per heavy atom. The molecule has 0 unspecified atom stereocenters. The van der Waals surface area contributed by atoms with Gasteiger partial charge < -0.3 is 15.2 Å². The van der Waals surface area contributed by atoms with Crippen molar-refractivity contribution in [2.75, 3.05) is 19.5 Å². The fourth-order valence-corrected chi connectivity index (χ4v) is 2.40. The fraction of sp³-hybridized carbons (Fsp3) is 0.571. The first-order valence-electron chi connectivity index (χ1n) is 6.67. The van der Waals surface area contributed by atoms with Crippen LogP contribution in [0.4, 0.5) is 5.82 Å². The number of hydrogen-bond acceptors (Lipinski definition) is 5. The van der Waals surface area contributed by atoms with Crippen LogP contribution in [0.1, 0.15) is 42.5 Å². The molecule has 0 atom stereocenters. The van der Waals surface area contributed by atoms with Gasteiger partial charge in [-0.3, -0.25) is 0 Å². The van der Waals surface area contributed by atoms with Crippen LogP contribution in [-0.4, -0.2) is 24.7 Å². The Morgan fingerprint density at radius 2 is 2.16 bits per heavy atom. The van der Waals surface area contributed by atoms with Crippen molar-refractivity contribution in [3.63, 3.8) is 0 Å². The van der Waals surface area contributed by atoms with Crippen LogP contribution in [-0.2, 0) is 4.74 Å². The summed E-state index contributed by atoms with van der Waals surface area (Å²) in [5.74, 6) is 0.849. The van der Waals surface area contributed by atoms with E-state index in [2.05, 4.69) is 4.98 Å². The first-order chi connectivity index (χ1) is 9.20. The highest BCUT2D eigenvalue weighted by Crippen LogP contribution is 2.26. The van der Waals surface area contributed by atoms with Crippen molar-refractivity contribution in [1.82, 2.24) is 4.98 Å². The Bertz CT molecular complexity index is 442. The summed E-state index contributed by atoms with van der Waals surface area (Å²) in [6.07, 6.45) is 7.71. The summed E-state index contributed by atoms with van der Waals surface area (Å²) >= 11 is 0. The molecule has 19 heavy (non-hydrogen) atoms. The number of methoxy groups -OCH3 is 1. The molecule has 0 spiro atoms. The summed E-state index contributed by atoms with van der Waals surface area (Å²) in [6, 6.07) is 1.49. The lowest BCUT2D eigenvalue weighted by Crippen LogP contribution is -2.17. The Morgan fingerprint density at radius 1 is 1.42 bits per heavy atom. The second-order valence-corrected chi connectivity index (χ2v) is 4.91. The predicted octanol–water partition coefficient (Wildman–Crippen LogP) is 2.41. The van der Waals surface area contributed by atoms with Crippen LogP contribution in [0.3, 0.4) is 0 Å². The number of nitrogens with zero attached hydrogens (tertiary/aromatic N) is 1. The lowest BCUT2D eigenvalue weighted by atomic mass is 9.90. The van der Waals surface area contributed by atoms with Gasteiger partial charge >= 0.3 is 5.97 Å². The molecule has 0 amide bonds. The number of ether oxygens (including phenoxy) is 2. The number of hydrogen-bond donors (Lipinski definition) is 1. The third kappa shape index (κ3) is 3.59. The summed E-state index contributed by atoms with van der Waals surface area (Å²) in [5.41, 5.74) is 5.92. The zero-order valence-electron chi connectivity index (χ0n) is 11.2. The Balaban J connectivity index is 2.04. The van der Waals surface area contributed by atoms with Gasteiger partial charge in [0.05, 0.1) is 19.9 Å². The van der Waals surface area contributed by atoms with Gasteiger partial charge in [0.15, 0.2) is 5.75 Å². The number of esters is 1. The molecule has 0 aliphatic heterocycles. The van der Waals surface area contributed by atoms with E-state index in [1.165, 1.54) is 51.5 Å². The van der Waals surface area contributed by atoms with Gasteiger partial charge in [0.25, 0.3) is 0 Å². The summed E-state index contributed by atoms with van der Waals surface area (Å²) in [4.78, 5) is 15.6. The maximum atomic E-state index is 11.7. The molecule has 1 saturated carbocycles. The molecule has 5 nitrogen and oxygen atoms in total. The van der Waals surface area contributed by atoms with Crippen LogP contribution in [0.5, 0.6) is 5.75 Å². The molecule has 0 saturated heterocycles. The van der Waals surface area contributed by atoms with Gasteiger partial charge in [-0.1, -0.05) is 19.3 Å². The molecule has 1 aromatic heterocycles. The molecular weight excluding hydrogens is 244 g/mol. The Hall–Kier alpha value is -1.78. The van der Waals surface area contributed by atoms with Gasteiger partial charge in [-0.25, -0.2) is 9.78 Å². The minimum atomic E-state index is -0.451. The Kier molecular flexibility index (Phi) is 4.60. The molecule has 2 rings (SSSR count). The van der Waals surface area contributed by atoms with E-state index < -0.39 is 5.97 Å². The van der Waals surface area contributed by atoms with Crippen LogP contribution < -0.4 is 10.5 Å². The van der Waals surface area contributed by atoms with Crippen molar-refractivity contribution in [2.24, 2.45) is 5.92 Å². The van der Waals surface area contributed by atoms with Crippen molar-refractivity contribution in [2.45, 2.75) is 32.1 Å². The first kappa shape index (κ1) is 13.6. The van der Waals surface area contributed by atoms with Crippen molar-refractivity contribution >= 4 is 11.8 Å². The highest BCUT2D eigenvalue weighted by Gasteiger charge is 2.18. The number of anilines is 1. The number of nitrogens with two attached hydrogens (primary N) is 1. The maximum Gasteiger partial charge on any atom is 0.341 e. The van der Waals surface area contributed by atoms with E-state index in [4.69, 9.17) is 15.2 Å². The lowest BCUT2D eigenvalue weighted by molar-refractivity contribution is 0.0594. The fourth-order valence-electron chi connectivity index (χ4n) is 2.40. The zero-order chi connectivity index (χ0) is 13.7. The van der Waals surface area contributed by atoms with Gasteiger partial charge in [-0.2, -0.15) is 0 Å². The molecular formula is C14H20N2O3. The normalized spacial score (nSPS) is 16.1. The molecule has 1 heterocycles. The van der Waals surface area contributed by atoms with Crippen molar-refractivity contribution in [3.05, 3.63) is 17.8 Å². The smallest absolute Gasteiger partial charge is 0.341 e. The maximum absolute atomic E-state index is 11.7. The zero-order valence-corrected chi connectivity index (χ0v) is 11.2. The van der Waals surface area contributed by atoms with E-state index in [9.17, 15) is 4.79 Å². The Labute approximate surface area is 113 Å². The number of pyridine rings is 1. The second kappa shape index (κ2) is 6.41. The molecule has 0 bridgehead atoms. The third-order valence-corrected chi connectivity index (χ3v) is 3.49. The average Bonchev–Trinajstić information content (AvgIpc) is 2.46. The molecule has 2 N–H and O–H groups in total. The summed E-state index contributed by atoms with van der Waals surface area (Å²) in [5, 5.41) is 0. The minimum Gasteiger partial charge on any atom is -0.491 e. The molecule has 5 heteroatoms. The van der Waals surface area contributed by atoms with E-state index in [0.717, 1.165) is 0 Å². The van der Waals surface area contributed by atoms with Crippen molar-refractivity contribution < 1.29 is 14.3 Å². The van der Waals surface area contributed by atoms with Crippen molar-refractivity contribution in [3.8, 4) is 5.75 Å². The number of aromatic nitrogens is 1. The standard InChI is InChI=1S/C14H20N2O3/c1-18-14(17)11-7-13(15)16-8-12(11)19-9-10-5-3-2-4-6-10/h7-8,10H,2-6,9H2,1H3,(H2,15,16). The number of rotatable bonds is 4. The summed E-state index contributed by atoms with van der Waals surface area (Å²) in [6.45, 7) is 0.621. The van der Waals surface area contributed by atoms with Crippen LogP contribution >= 0.6 is 0 Å². The number of carbonyl (C=O) groups excluding carboxylic acids is 1. The minimum absolute atomic E-state index is 0.283. The SMILES string of the molecule is COC(=O)c1cc(N)ncc1OCC1CCCCC1. The summed E-state index contributed by atoms with van der Waals surface area (Å²) in [7, 11) is 1.34. The monoisotopic (exact) mass is 264 g/mol. The highest BCUT2D eigenvalue weighted by atomic mass is 16.5. The van der Waals surface area contributed by atoms with Crippen LogP contribution in [0, 0.1) is 5.92 Å². The van der Waals surface area contributed by atoms with Gasteiger partial charge in [0.2, 0.25) is 0 Å². The molecule has 1 fully saturated rings. The van der Waals surface area contributed by atoms with E-state index in [1.54, 1.807) is 0 Å². The van der Waals surface area contributed by atoms with Crippen LogP contribution in [0.15, 0.2) is 12.3 Å². The van der Waals surface area contributed by atoms with E-state index in [1.807, 2.05) is 0 Å². The number of carbonyl (C=O) groups is 1. The van der Waals surface area contributed by atoms with Gasteiger partial charge in [-0.05, 0) is 24.8 Å². The first-order valence-corrected chi connectivity index (χ1v) is 6.67. The molecule has 1 aliphatic carbocycles.